The Balaban J connectivity index is 1.86. The van der Waals surface area contributed by atoms with E-state index in [2.05, 4.69) is 55.5 Å². The lowest BCUT2D eigenvalue weighted by Gasteiger charge is -2.29. The van der Waals surface area contributed by atoms with E-state index in [-0.39, 0.29) is 0 Å². The SMILES string of the molecule is CNC(CN(C)CC1CCCCC1)c1ccc(C)cc1. The van der Waals surface area contributed by atoms with Gasteiger partial charge in [-0.05, 0) is 45.3 Å². The Morgan fingerprint density at radius 2 is 1.80 bits per heavy atom. The molecular weight excluding hydrogens is 244 g/mol. The summed E-state index contributed by atoms with van der Waals surface area (Å²) in [6.07, 6.45) is 7.18. The standard InChI is InChI=1S/C18H30N2/c1-15-9-11-17(12-10-15)18(19-2)14-20(3)13-16-7-5-4-6-8-16/h9-12,16,18-19H,4-8,13-14H2,1-3H3. The zero-order chi connectivity index (χ0) is 14.4. The summed E-state index contributed by atoms with van der Waals surface area (Å²) in [7, 11) is 4.34. The molecule has 1 aromatic carbocycles. The van der Waals surface area contributed by atoms with Gasteiger partial charge in [0.2, 0.25) is 0 Å². The second kappa shape index (κ2) is 7.80. The van der Waals surface area contributed by atoms with E-state index in [0.29, 0.717) is 6.04 Å². The number of likely N-dealkylation sites (N-methyl/N-ethyl adjacent to an activating group) is 2. The van der Waals surface area contributed by atoms with Crippen LogP contribution in [0.2, 0.25) is 0 Å². The molecule has 1 N–H and O–H groups in total. The number of rotatable bonds is 6. The first-order valence-electron chi connectivity index (χ1n) is 8.11. The Bertz CT molecular complexity index is 379. The van der Waals surface area contributed by atoms with E-state index in [1.807, 2.05) is 0 Å². The Morgan fingerprint density at radius 1 is 1.15 bits per heavy atom. The van der Waals surface area contributed by atoms with Crippen molar-refractivity contribution in [3.05, 3.63) is 35.4 Å². The molecule has 1 aliphatic rings. The van der Waals surface area contributed by atoms with Crippen LogP contribution < -0.4 is 5.32 Å². The van der Waals surface area contributed by atoms with Crippen molar-refractivity contribution in [1.82, 2.24) is 10.2 Å². The largest absolute Gasteiger partial charge is 0.312 e. The molecule has 0 aliphatic heterocycles. The van der Waals surface area contributed by atoms with Gasteiger partial charge in [-0.1, -0.05) is 49.1 Å². The van der Waals surface area contributed by atoms with Crippen LogP contribution in [-0.2, 0) is 0 Å². The molecule has 1 fully saturated rings. The highest BCUT2D eigenvalue weighted by Gasteiger charge is 2.18. The number of nitrogens with one attached hydrogen (secondary N) is 1. The van der Waals surface area contributed by atoms with E-state index >= 15 is 0 Å². The van der Waals surface area contributed by atoms with Crippen LogP contribution in [0.3, 0.4) is 0 Å². The summed E-state index contributed by atoms with van der Waals surface area (Å²) in [4.78, 5) is 2.51. The van der Waals surface area contributed by atoms with E-state index in [0.717, 1.165) is 12.5 Å². The number of nitrogens with zero attached hydrogens (tertiary/aromatic N) is 1. The van der Waals surface area contributed by atoms with Gasteiger partial charge < -0.3 is 10.2 Å². The monoisotopic (exact) mass is 274 g/mol. The molecule has 1 saturated carbocycles. The van der Waals surface area contributed by atoms with Crippen molar-refractivity contribution in [3.8, 4) is 0 Å². The van der Waals surface area contributed by atoms with Crippen LogP contribution in [0.5, 0.6) is 0 Å². The van der Waals surface area contributed by atoms with Crippen LogP contribution >= 0.6 is 0 Å². The second-order valence-corrected chi connectivity index (χ2v) is 6.48. The van der Waals surface area contributed by atoms with E-state index < -0.39 is 0 Å². The molecule has 1 atom stereocenters. The van der Waals surface area contributed by atoms with Gasteiger partial charge in [-0.2, -0.15) is 0 Å². The average molecular weight is 274 g/mol. The minimum absolute atomic E-state index is 0.434. The van der Waals surface area contributed by atoms with Crippen molar-refractivity contribution in [2.24, 2.45) is 5.92 Å². The van der Waals surface area contributed by atoms with Gasteiger partial charge in [0, 0.05) is 19.1 Å². The molecule has 0 spiro atoms. The quantitative estimate of drug-likeness (QED) is 0.849. The van der Waals surface area contributed by atoms with E-state index in [9.17, 15) is 0 Å². The predicted molar refractivity (Wildman–Crippen MR) is 87.1 cm³/mol. The van der Waals surface area contributed by atoms with E-state index in [1.54, 1.807) is 0 Å². The maximum absolute atomic E-state index is 3.46. The fourth-order valence-corrected chi connectivity index (χ4v) is 3.36. The molecule has 2 heteroatoms. The molecule has 112 valence electrons. The highest BCUT2D eigenvalue weighted by molar-refractivity contribution is 5.24. The van der Waals surface area contributed by atoms with Gasteiger partial charge in [0.25, 0.3) is 0 Å². The first-order chi connectivity index (χ1) is 9.69. The lowest BCUT2D eigenvalue weighted by molar-refractivity contribution is 0.218. The number of hydrogen-bond acceptors (Lipinski definition) is 2. The summed E-state index contributed by atoms with van der Waals surface area (Å²) in [5.74, 6) is 0.921. The summed E-state index contributed by atoms with van der Waals surface area (Å²) in [5, 5.41) is 3.46. The van der Waals surface area contributed by atoms with Gasteiger partial charge in [0.15, 0.2) is 0 Å². The Hall–Kier alpha value is -0.860. The topological polar surface area (TPSA) is 15.3 Å². The highest BCUT2D eigenvalue weighted by atomic mass is 15.1. The van der Waals surface area contributed by atoms with Gasteiger partial charge >= 0.3 is 0 Å². The molecule has 2 rings (SSSR count). The lowest BCUT2D eigenvalue weighted by atomic mass is 9.89. The van der Waals surface area contributed by atoms with Crippen LogP contribution in [-0.4, -0.2) is 32.1 Å². The third-order valence-corrected chi connectivity index (χ3v) is 4.62. The van der Waals surface area contributed by atoms with Gasteiger partial charge in [0.05, 0.1) is 0 Å². The molecule has 0 radical (unpaired) electrons. The van der Waals surface area contributed by atoms with Crippen molar-refractivity contribution < 1.29 is 0 Å². The maximum atomic E-state index is 3.46. The van der Waals surface area contributed by atoms with Crippen molar-refractivity contribution in [3.63, 3.8) is 0 Å². The Labute approximate surface area is 124 Å². The average Bonchev–Trinajstić information content (AvgIpc) is 2.47. The third-order valence-electron chi connectivity index (χ3n) is 4.62. The van der Waals surface area contributed by atoms with Gasteiger partial charge in [-0.3, -0.25) is 0 Å². The van der Waals surface area contributed by atoms with Crippen LogP contribution in [0.1, 0.15) is 49.3 Å². The van der Waals surface area contributed by atoms with E-state index in [4.69, 9.17) is 0 Å². The summed E-state index contributed by atoms with van der Waals surface area (Å²) in [6.45, 7) is 4.49. The molecule has 1 aromatic rings. The molecule has 0 saturated heterocycles. The van der Waals surface area contributed by atoms with Crippen molar-refractivity contribution in [2.45, 2.75) is 45.1 Å². The van der Waals surface area contributed by atoms with Crippen molar-refractivity contribution in [1.29, 1.82) is 0 Å². The molecule has 20 heavy (non-hydrogen) atoms. The minimum Gasteiger partial charge on any atom is -0.312 e. The summed E-state index contributed by atoms with van der Waals surface area (Å²) >= 11 is 0. The maximum Gasteiger partial charge on any atom is 0.0446 e. The fourth-order valence-electron chi connectivity index (χ4n) is 3.36. The van der Waals surface area contributed by atoms with Crippen LogP contribution in [0.25, 0.3) is 0 Å². The molecule has 2 nitrogen and oxygen atoms in total. The van der Waals surface area contributed by atoms with Crippen LogP contribution in [0.15, 0.2) is 24.3 Å². The molecule has 0 amide bonds. The zero-order valence-electron chi connectivity index (χ0n) is 13.4. The summed E-state index contributed by atoms with van der Waals surface area (Å²) in [5.41, 5.74) is 2.73. The highest BCUT2D eigenvalue weighted by Crippen LogP contribution is 2.24. The number of hydrogen-bond donors (Lipinski definition) is 1. The summed E-state index contributed by atoms with van der Waals surface area (Å²) in [6, 6.07) is 9.36. The minimum atomic E-state index is 0.434. The first kappa shape index (κ1) is 15.5. The molecule has 1 unspecified atom stereocenters. The van der Waals surface area contributed by atoms with Crippen LogP contribution in [0.4, 0.5) is 0 Å². The summed E-state index contributed by atoms with van der Waals surface area (Å²) < 4.78 is 0. The third kappa shape index (κ3) is 4.60. The van der Waals surface area contributed by atoms with Crippen molar-refractivity contribution in [2.75, 3.05) is 27.2 Å². The lowest BCUT2D eigenvalue weighted by Crippen LogP contribution is -2.34. The van der Waals surface area contributed by atoms with Crippen LogP contribution in [0, 0.1) is 12.8 Å². The van der Waals surface area contributed by atoms with E-state index in [1.165, 1.54) is 49.8 Å². The second-order valence-electron chi connectivity index (χ2n) is 6.48. The number of benzene rings is 1. The molecule has 1 aliphatic carbocycles. The van der Waals surface area contributed by atoms with Gasteiger partial charge in [-0.25, -0.2) is 0 Å². The number of aryl methyl sites for hydroxylation is 1. The Morgan fingerprint density at radius 3 is 2.40 bits per heavy atom. The Kier molecular flexibility index (Phi) is 6.06. The zero-order valence-corrected chi connectivity index (χ0v) is 13.4. The molecular formula is C18H30N2. The molecule has 0 aromatic heterocycles. The first-order valence-corrected chi connectivity index (χ1v) is 8.11. The normalized spacial score (nSPS) is 18.4. The van der Waals surface area contributed by atoms with Crippen molar-refractivity contribution >= 4 is 0 Å². The van der Waals surface area contributed by atoms with Gasteiger partial charge in [0.1, 0.15) is 0 Å². The molecule has 0 heterocycles. The predicted octanol–water partition coefficient (Wildman–Crippen LogP) is 3.77. The van der Waals surface area contributed by atoms with Gasteiger partial charge in [-0.15, -0.1) is 0 Å². The molecule has 0 bridgehead atoms. The smallest absolute Gasteiger partial charge is 0.0446 e. The fraction of sp³-hybridized carbons (Fsp3) is 0.667.